The second-order valence-corrected chi connectivity index (χ2v) is 3.86. The van der Waals surface area contributed by atoms with Crippen LogP contribution in [0.3, 0.4) is 0 Å². The van der Waals surface area contributed by atoms with E-state index in [0.29, 0.717) is 17.0 Å². The van der Waals surface area contributed by atoms with Crippen molar-refractivity contribution in [3.63, 3.8) is 0 Å². The number of rotatable bonds is 1. The summed E-state index contributed by atoms with van der Waals surface area (Å²) in [5.74, 6) is -0.328. The molecule has 2 rings (SSSR count). The topological polar surface area (TPSA) is 32.3 Å². The van der Waals surface area contributed by atoms with E-state index in [1.54, 1.807) is 0 Å². The van der Waals surface area contributed by atoms with Crippen LogP contribution in [0.2, 0.25) is 5.02 Å². The fraction of sp³-hybridized carbons (Fsp3) is 0.400. The number of aliphatic hydroxyl groups excluding tert-OH is 1. The van der Waals surface area contributed by atoms with Crippen molar-refractivity contribution >= 4 is 11.6 Å². The lowest BCUT2D eigenvalue weighted by atomic mass is 10.0. The fourth-order valence-electron chi connectivity index (χ4n) is 1.76. The third-order valence-electron chi connectivity index (χ3n) is 2.48. The van der Waals surface area contributed by atoms with E-state index in [4.69, 9.17) is 11.6 Å². The SMILES string of the molecule is OC1CCNC1c1cc(F)ccc1Cl. The molecule has 0 bridgehead atoms. The number of nitrogens with one attached hydrogen (secondary N) is 1. The van der Waals surface area contributed by atoms with Gasteiger partial charge in [-0.2, -0.15) is 0 Å². The molecule has 1 aliphatic rings. The van der Waals surface area contributed by atoms with E-state index in [1.165, 1.54) is 18.2 Å². The molecule has 0 radical (unpaired) electrons. The standard InChI is InChI=1S/C10H11ClFNO/c11-8-2-1-6(12)5-7(8)10-9(14)3-4-13-10/h1-2,5,9-10,13-14H,3-4H2. The Balaban J connectivity index is 2.34. The van der Waals surface area contributed by atoms with Crippen LogP contribution in [-0.2, 0) is 0 Å². The average Bonchev–Trinajstić information content (AvgIpc) is 2.56. The molecule has 1 aromatic rings. The van der Waals surface area contributed by atoms with Gasteiger partial charge in [0.2, 0.25) is 0 Å². The van der Waals surface area contributed by atoms with Crippen LogP contribution in [0.4, 0.5) is 4.39 Å². The van der Waals surface area contributed by atoms with E-state index in [1.807, 2.05) is 0 Å². The summed E-state index contributed by atoms with van der Waals surface area (Å²) in [6.45, 7) is 0.735. The highest BCUT2D eigenvalue weighted by atomic mass is 35.5. The lowest BCUT2D eigenvalue weighted by Gasteiger charge is -2.16. The van der Waals surface area contributed by atoms with Crippen LogP contribution in [0.1, 0.15) is 18.0 Å². The Labute approximate surface area is 86.7 Å². The van der Waals surface area contributed by atoms with Crippen molar-refractivity contribution in [1.29, 1.82) is 0 Å². The molecule has 2 atom stereocenters. The molecular weight excluding hydrogens is 205 g/mol. The number of aliphatic hydroxyl groups is 1. The molecule has 0 saturated carbocycles. The molecule has 2 N–H and O–H groups in total. The maximum atomic E-state index is 13.0. The van der Waals surface area contributed by atoms with Crippen molar-refractivity contribution in [2.45, 2.75) is 18.6 Å². The van der Waals surface area contributed by atoms with Crippen LogP contribution in [0.25, 0.3) is 0 Å². The summed E-state index contributed by atoms with van der Waals surface area (Å²) in [6, 6.07) is 3.96. The molecule has 0 aliphatic carbocycles. The Morgan fingerprint density at radius 2 is 2.29 bits per heavy atom. The number of halogens is 2. The zero-order valence-corrected chi connectivity index (χ0v) is 8.26. The van der Waals surface area contributed by atoms with Gasteiger partial charge in [0.05, 0.1) is 12.1 Å². The molecule has 0 amide bonds. The zero-order valence-electron chi connectivity index (χ0n) is 7.50. The maximum absolute atomic E-state index is 13.0. The zero-order chi connectivity index (χ0) is 10.1. The van der Waals surface area contributed by atoms with Gasteiger partial charge in [-0.05, 0) is 36.7 Å². The second kappa shape index (κ2) is 3.85. The van der Waals surface area contributed by atoms with Gasteiger partial charge in [0, 0.05) is 5.02 Å². The largest absolute Gasteiger partial charge is 0.391 e. The lowest BCUT2D eigenvalue weighted by Crippen LogP contribution is -2.21. The summed E-state index contributed by atoms with van der Waals surface area (Å²) in [4.78, 5) is 0. The minimum Gasteiger partial charge on any atom is -0.391 e. The molecule has 1 saturated heterocycles. The average molecular weight is 216 g/mol. The maximum Gasteiger partial charge on any atom is 0.123 e. The van der Waals surface area contributed by atoms with Crippen LogP contribution in [0.5, 0.6) is 0 Å². The first-order chi connectivity index (χ1) is 6.68. The van der Waals surface area contributed by atoms with Crippen LogP contribution in [0, 0.1) is 5.82 Å². The summed E-state index contributed by atoms with van der Waals surface area (Å²) in [6.07, 6.45) is 0.201. The normalized spacial score (nSPS) is 26.8. The van der Waals surface area contributed by atoms with E-state index in [0.717, 1.165) is 6.54 Å². The Bertz CT molecular complexity index is 345. The van der Waals surface area contributed by atoms with Gasteiger partial charge < -0.3 is 10.4 Å². The highest BCUT2D eigenvalue weighted by Crippen LogP contribution is 2.29. The summed E-state index contributed by atoms with van der Waals surface area (Å²) in [5.41, 5.74) is 0.636. The molecule has 0 spiro atoms. The Morgan fingerprint density at radius 3 is 2.93 bits per heavy atom. The quantitative estimate of drug-likeness (QED) is 0.750. The molecule has 0 aromatic heterocycles. The molecule has 76 valence electrons. The third-order valence-corrected chi connectivity index (χ3v) is 2.83. The van der Waals surface area contributed by atoms with Gasteiger partial charge in [-0.25, -0.2) is 4.39 Å². The molecule has 1 aliphatic heterocycles. The minimum absolute atomic E-state index is 0.238. The van der Waals surface area contributed by atoms with E-state index in [2.05, 4.69) is 5.32 Å². The van der Waals surface area contributed by atoms with Gasteiger partial charge in [-0.3, -0.25) is 0 Å². The van der Waals surface area contributed by atoms with Gasteiger partial charge in [0.1, 0.15) is 5.82 Å². The summed E-state index contributed by atoms with van der Waals surface area (Å²) >= 11 is 5.92. The van der Waals surface area contributed by atoms with Crippen LogP contribution >= 0.6 is 11.6 Å². The summed E-state index contributed by atoms with van der Waals surface area (Å²) < 4.78 is 13.0. The van der Waals surface area contributed by atoms with Gasteiger partial charge in [0.25, 0.3) is 0 Å². The molecule has 1 fully saturated rings. The third kappa shape index (κ3) is 1.75. The smallest absolute Gasteiger partial charge is 0.123 e. The first kappa shape index (κ1) is 9.90. The predicted molar refractivity (Wildman–Crippen MR) is 52.8 cm³/mol. The molecule has 2 nitrogen and oxygen atoms in total. The van der Waals surface area contributed by atoms with Gasteiger partial charge in [-0.1, -0.05) is 11.6 Å². The molecule has 1 heterocycles. The highest BCUT2D eigenvalue weighted by Gasteiger charge is 2.27. The van der Waals surface area contributed by atoms with Gasteiger partial charge in [0.15, 0.2) is 0 Å². The van der Waals surface area contributed by atoms with E-state index >= 15 is 0 Å². The first-order valence-corrected chi connectivity index (χ1v) is 4.92. The Kier molecular flexibility index (Phi) is 2.72. The Hall–Kier alpha value is -0.640. The fourth-order valence-corrected chi connectivity index (χ4v) is 1.99. The van der Waals surface area contributed by atoms with Crippen molar-refractivity contribution in [1.82, 2.24) is 5.32 Å². The van der Waals surface area contributed by atoms with Crippen molar-refractivity contribution in [3.05, 3.63) is 34.6 Å². The number of hydrogen-bond acceptors (Lipinski definition) is 2. The van der Waals surface area contributed by atoms with Crippen molar-refractivity contribution < 1.29 is 9.50 Å². The van der Waals surface area contributed by atoms with Crippen LogP contribution < -0.4 is 5.32 Å². The van der Waals surface area contributed by atoms with Crippen LogP contribution in [0.15, 0.2) is 18.2 Å². The highest BCUT2D eigenvalue weighted by molar-refractivity contribution is 6.31. The molecule has 2 unspecified atom stereocenters. The minimum atomic E-state index is -0.478. The first-order valence-electron chi connectivity index (χ1n) is 4.55. The summed E-state index contributed by atoms with van der Waals surface area (Å²) in [5, 5.41) is 13.2. The molecule has 4 heteroatoms. The predicted octanol–water partition coefficient (Wildman–Crippen LogP) is 1.87. The monoisotopic (exact) mass is 215 g/mol. The van der Waals surface area contributed by atoms with Crippen LogP contribution in [-0.4, -0.2) is 17.8 Å². The molecule has 1 aromatic carbocycles. The molecule has 14 heavy (non-hydrogen) atoms. The van der Waals surface area contributed by atoms with Crippen molar-refractivity contribution in [2.75, 3.05) is 6.54 Å². The lowest BCUT2D eigenvalue weighted by molar-refractivity contribution is 0.160. The second-order valence-electron chi connectivity index (χ2n) is 3.45. The van der Waals surface area contributed by atoms with E-state index in [-0.39, 0.29) is 11.9 Å². The van der Waals surface area contributed by atoms with E-state index < -0.39 is 6.10 Å². The number of hydrogen-bond donors (Lipinski definition) is 2. The Morgan fingerprint density at radius 1 is 1.50 bits per heavy atom. The van der Waals surface area contributed by atoms with Crippen molar-refractivity contribution in [3.8, 4) is 0 Å². The van der Waals surface area contributed by atoms with Gasteiger partial charge in [-0.15, -0.1) is 0 Å². The van der Waals surface area contributed by atoms with E-state index in [9.17, 15) is 9.50 Å². The summed E-state index contributed by atoms with van der Waals surface area (Å²) in [7, 11) is 0. The van der Waals surface area contributed by atoms with Gasteiger partial charge >= 0.3 is 0 Å². The van der Waals surface area contributed by atoms with Crippen molar-refractivity contribution in [2.24, 2.45) is 0 Å². The molecular formula is C10H11ClFNO. The number of benzene rings is 1.